The van der Waals surface area contributed by atoms with Crippen molar-refractivity contribution >= 4 is 0 Å². The molecule has 1 aliphatic carbocycles. The van der Waals surface area contributed by atoms with E-state index in [1.807, 2.05) is 7.11 Å². The van der Waals surface area contributed by atoms with E-state index in [0.29, 0.717) is 11.5 Å². The maximum Gasteiger partial charge on any atom is 0.0589 e. The summed E-state index contributed by atoms with van der Waals surface area (Å²) in [6.07, 6.45) is 7.85. The van der Waals surface area contributed by atoms with Crippen LogP contribution in [0.25, 0.3) is 0 Å². The molecule has 0 amide bonds. The molecule has 2 atom stereocenters. The maximum atomic E-state index is 6.16. The zero-order chi connectivity index (χ0) is 13.2. The minimum absolute atomic E-state index is 0.218. The van der Waals surface area contributed by atoms with Gasteiger partial charge in [0.1, 0.15) is 0 Å². The van der Waals surface area contributed by atoms with Gasteiger partial charge in [-0.15, -0.1) is 0 Å². The van der Waals surface area contributed by atoms with Crippen molar-refractivity contribution in [3.63, 3.8) is 0 Å². The predicted octanol–water partition coefficient (Wildman–Crippen LogP) is 2.39. The van der Waals surface area contributed by atoms with E-state index in [1.165, 1.54) is 45.2 Å². The van der Waals surface area contributed by atoms with E-state index in [-0.39, 0.29) is 5.54 Å². The van der Waals surface area contributed by atoms with E-state index in [1.54, 1.807) is 0 Å². The van der Waals surface area contributed by atoms with Gasteiger partial charge in [-0.25, -0.2) is 0 Å². The average Bonchev–Trinajstić information content (AvgIpc) is 2.38. The van der Waals surface area contributed by atoms with Gasteiger partial charge < -0.3 is 10.5 Å². The van der Waals surface area contributed by atoms with Gasteiger partial charge in [-0.1, -0.05) is 13.8 Å². The van der Waals surface area contributed by atoms with Crippen LogP contribution in [0.4, 0.5) is 0 Å². The number of hydrogen-bond donors (Lipinski definition) is 1. The van der Waals surface area contributed by atoms with Crippen molar-refractivity contribution in [2.45, 2.75) is 64.0 Å². The van der Waals surface area contributed by atoms with Crippen molar-refractivity contribution in [3.05, 3.63) is 0 Å². The number of likely N-dealkylation sites (tertiary alicyclic amines) is 1. The lowest BCUT2D eigenvalue weighted by Crippen LogP contribution is -2.59. The Morgan fingerprint density at radius 3 is 2.44 bits per heavy atom. The highest BCUT2D eigenvalue weighted by Gasteiger charge is 2.42. The number of piperidine rings is 1. The summed E-state index contributed by atoms with van der Waals surface area (Å²) in [5.41, 5.74) is 6.89. The highest BCUT2D eigenvalue weighted by molar-refractivity contribution is 4.99. The molecule has 3 heteroatoms. The molecule has 1 saturated carbocycles. The minimum atomic E-state index is 0.218. The van der Waals surface area contributed by atoms with Gasteiger partial charge >= 0.3 is 0 Å². The Morgan fingerprint density at radius 2 is 1.89 bits per heavy atom. The Bertz CT molecular complexity index is 270. The molecule has 2 rings (SSSR count). The number of ether oxygens (including phenoxy) is 1. The van der Waals surface area contributed by atoms with Gasteiger partial charge in [0.15, 0.2) is 0 Å². The molecule has 2 fully saturated rings. The van der Waals surface area contributed by atoms with Crippen molar-refractivity contribution in [2.24, 2.45) is 11.1 Å². The number of methoxy groups -OCH3 is 1. The van der Waals surface area contributed by atoms with Gasteiger partial charge in [-0.3, -0.25) is 4.90 Å². The van der Waals surface area contributed by atoms with Gasteiger partial charge in [0, 0.05) is 19.2 Å². The molecule has 0 bridgehead atoms. The van der Waals surface area contributed by atoms with Gasteiger partial charge in [-0.05, 0) is 57.0 Å². The van der Waals surface area contributed by atoms with Crippen LogP contribution >= 0.6 is 0 Å². The quantitative estimate of drug-likeness (QED) is 0.840. The summed E-state index contributed by atoms with van der Waals surface area (Å²) in [6, 6.07) is 0. The summed E-state index contributed by atoms with van der Waals surface area (Å²) in [6.45, 7) is 7.98. The average molecular weight is 254 g/mol. The smallest absolute Gasteiger partial charge is 0.0589 e. The summed E-state index contributed by atoms with van der Waals surface area (Å²) in [4.78, 5) is 2.67. The van der Waals surface area contributed by atoms with Crippen LogP contribution in [0.5, 0.6) is 0 Å². The maximum absolute atomic E-state index is 6.16. The fourth-order valence-corrected chi connectivity index (χ4v) is 3.68. The first-order valence-electron chi connectivity index (χ1n) is 7.49. The van der Waals surface area contributed by atoms with Crippen molar-refractivity contribution in [1.82, 2.24) is 4.90 Å². The Morgan fingerprint density at radius 1 is 1.22 bits per heavy atom. The highest BCUT2D eigenvalue weighted by atomic mass is 16.5. The second-order valence-electron chi connectivity index (χ2n) is 7.03. The fraction of sp³-hybridized carbons (Fsp3) is 1.00. The standard InChI is InChI=1S/C15H30N2O/c1-14(2)7-9-17(10-8-14)15(12-16)6-4-5-13(11-15)18-3/h13H,4-12,16H2,1-3H3. The minimum Gasteiger partial charge on any atom is -0.381 e. The van der Waals surface area contributed by atoms with Crippen LogP contribution < -0.4 is 5.73 Å². The predicted molar refractivity (Wildman–Crippen MR) is 75.6 cm³/mol. The third kappa shape index (κ3) is 2.89. The van der Waals surface area contributed by atoms with Crippen molar-refractivity contribution in [2.75, 3.05) is 26.7 Å². The molecule has 2 N–H and O–H groups in total. The third-order valence-corrected chi connectivity index (χ3v) is 5.28. The Labute approximate surface area is 112 Å². The van der Waals surface area contributed by atoms with Gasteiger partial charge in [0.2, 0.25) is 0 Å². The first kappa shape index (κ1) is 14.3. The van der Waals surface area contributed by atoms with Crippen LogP contribution in [0.2, 0.25) is 0 Å². The highest BCUT2D eigenvalue weighted by Crippen LogP contribution is 2.39. The molecule has 1 aliphatic heterocycles. The van der Waals surface area contributed by atoms with E-state index in [4.69, 9.17) is 10.5 Å². The van der Waals surface area contributed by atoms with Gasteiger partial charge in [0.25, 0.3) is 0 Å². The zero-order valence-corrected chi connectivity index (χ0v) is 12.4. The second-order valence-corrected chi connectivity index (χ2v) is 7.03. The van der Waals surface area contributed by atoms with Crippen molar-refractivity contribution in [1.29, 1.82) is 0 Å². The van der Waals surface area contributed by atoms with E-state index in [2.05, 4.69) is 18.7 Å². The van der Waals surface area contributed by atoms with E-state index < -0.39 is 0 Å². The number of hydrogen-bond acceptors (Lipinski definition) is 3. The molecule has 18 heavy (non-hydrogen) atoms. The van der Waals surface area contributed by atoms with E-state index >= 15 is 0 Å². The molecule has 2 aliphatic rings. The van der Waals surface area contributed by atoms with Crippen molar-refractivity contribution in [3.8, 4) is 0 Å². The summed E-state index contributed by atoms with van der Waals surface area (Å²) in [5, 5.41) is 0. The molecular formula is C15H30N2O. The monoisotopic (exact) mass is 254 g/mol. The van der Waals surface area contributed by atoms with E-state index in [0.717, 1.165) is 13.0 Å². The fourth-order valence-electron chi connectivity index (χ4n) is 3.68. The largest absolute Gasteiger partial charge is 0.381 e. The third-order valence-electron chi connectivity index (χ3n) is 5.28. The molecule has 0 spiro atoms. The molecule has 0 aromatic carbocycles. The Kier molecular flexibility index (Phi) is 4.35. The Balaban J connectivity index is 2.03. The zero-order valence-electron chi connectivity index (χ0n) is 12.4. The molecule has 106 valence electrons. The lowest BCUT2D eigenvalue weighted by molar-refractivity contribution is -0.0418. The molecule has 1 saturated heterocycles. The number of nitrogens with two attached hydrogens (primary N) is 1. The summed E-state index contributed by atoms with van der Waals surface area (Å²) >= 11 is 0. The lowest BCUT2D eigenvalue weighted by atomic mass is 9.75. The molecule has 1 heterocycles. The molecular weight excluding hydrogens is 224 g/mol. The van der Waals surface area contributed by atoms with Crippen LogP contribution in [-0.4, -0.2) is 43.3 Å². The number of rotatable bonds is 3. The molecule has 3 nitrogen and oxygen atoms in total. The Hall–Kier alpha value is -0.120. The van der Waals surface area contributed by atoms with Crippen LogP contribution in [0.15, 0.2) is 0 Å². The molecule has 0 aromatic rings. The SMILES string of the molecule is COC1CCCC(CN)(N2CCC(C)(C)CC2)C1. The lowest BCUT2D eigenvalue weighted by Gasteiger charge is -2.51. The summed E-state index contributed by atoms with van der Waals surface area (Å²) < 4.78 is 5.60. The first-order valence-corrected chi connectivity index (χ1v) is 7.49. The van der Waals surface area contributed by atoms with Gasteiger partial charge in [0.05, 0.1) is 6.10 Å². The van der Waals surface area contributed by atoms with Crippen LogP contribution in [0.3, 0.4) is 0 Å². The van der Waals surface area contributed by atoms with Crippen LogP contribution in [0.1, 0.15) is 52.4 Å². The van der Waals surface area contributed by atoms with E-state index in [9.17, 15) is 0 Å². The topological polar surface area (TPSA) is 38.5 Å². The summed E-state index contributed by atoms with van der Waals surface area (Å²) in [5.74, 6) is 0. The summed E-state index contributed by atoms with van der Waals surface area (Å²) in [7, 11) is 1.84. The first-order chi connectivity index (χ1) is 8.51. The van der Waals surface area contributed by atoms with Gasteiger partial charge in [-0.2, -0.15) is 0 Å². The number of nitrogens with zero attached hydrogens (tertiary/aromatic N) is 1. The second kappa shape index (κ2) is 5.48. The normalized spacial score (nSPS) is 37.7. The molecule has 2 unspecified atom stereocenters. The molecule has 0 aromatic heterocycles. The van der Waals surface area contributed by atoms with Crippen molar-refractivity contribution < 1.29 is 4.74 Å². The molecule has 0 radical (unpaired) electrons. The van der Waals surface area contributed by atoms with Crippen LogP contribution in [0, 0.1) is 5.41 Å². The van der Waals surface area contributed by atoms with Crippen LogP contribution in [-0.2, 0) is 4.74 Å².